The molecule has 0 saturated carbocycles. The van der Waals surface area contributed by atoms with Gasteiger partial charge in [-0.25, -0.2) is 0 Å². The van der Waals surface area contributed by atoms with Crippen molar-refractivity contribution in [1.82, 2.24) is 5.06 Å². The molecular formula is C11H15NO3. The van der Waals surface area contributed by atoms with Crippen LogP contribution in [0.5, 0.6) is 0 Å². The maximum Gasteiger partial charge on any atom is 0.255 e. The van der Waals surface area contributed by atoms with Crippen molar-refractivity contribution in [2.24, 2.45) is 5.92 Å². The molecule has 2 bridgehead atoms. The number of carbonyl (C=O) groups excluding carboxylic acids is 1. The third kappa shape index (κ3) is 1.12. The predicted octanol–water partition coefficient (Wildman–Crippen LogP) is 1.23. The van der Waals surface area contributed by atoms with Crippen molar-refractivity contribution in [2.45, 2.75) is 38.0 Å². The standard InChI is InChI=1S/C11H15NO3/c1-2-8-9-4-6-11(15-9)5-3-7-14-12(11)10(8)13/h4,6,8-9H,2-3,5,7H2,1H3/t8-,9-,11+/m1/s1. The summed E-state index contributed by atoms with van der Waals surface area (Å²) in [7, 11) is 0. The monoisotopic (exact) mass is 209 g/mol. The van der Waals surface area contributed by atoms with E-state index in [1.165, 1.54) is 5.06 Å². The molecule has 4 nitrogen and oxygen atoms in total. The molecule has 1 spiro atoms. The number of nitrogens with zero attached hydrogens (tertiary/aromatic N) is 1. The number of fused-ring (bicyclic) bond motifs is 1. The van der Waals surface area contributed by atoms with Crippen LogP contribution in [-0.2, 0) is 14.4 Å². The van der Waals surface area contributed by atoms with Crippen LogP contribution in [0, 0.1) is 5.92 Å². The van der Waals surface area contributed by atoms with Gasteiger partial charge in [-0.2, -0.15) is 5.06 Å². The van der Waals surface area contributed by atoms with Crippen molar-refractivity contribution in [2.75, 3.05) is 6.61 Å². The second-order valence-electron chi connectivity index (χ2n) is 4.37. The zero-order valence-corrected chi connectivity index (χ0v) is 8.81. The van der Waals surface area contributed by atoms with Gasteiger partial charge in [-0.05, 0) is 18.9 Å². The Morgan fingerprint density at radius 2 is 2.53 bits per heavy atom. The molecule has 1 amide bonds. The van der Waals surface area contributed by atoms with Crippen molar-refractivity contribution >= 4 is 5.91 Å². The van der Waals surface area contributed by atoms with Crippen molar-refractivity contribution in [3.8, 4) is 0 Å². The van der Waals surface area contributed by atoms with Gasteiger partial charge in [-0.3, -0.25) is 9.63 Å². The molecule has 3 rings (SSSR count). The van der Waals surface area contributed by atoms with Crippen molar-refractivity contribution in [3.63, 3.8) is 0 Å². The lowest BCUT2D eigenvalue weighted by Crippen LogP contribution is -2.61. The molecule has 2 saturated heterocycles. The zero-order chi connectivity index (χ0) is 10.5. The number of amides is 1. The Hall–Kier alpha value is -0.870. The summed E-state index contributed by atoms with van der Waals surface area (Å²) < 4.78 is 5.93. The summed E-state index contributed by atoms with van der Waals surface area (Å²) in [6.45, 7) is 2.63. The molecule has 0 unspecified atom stereocenters. The average Bonchev–Trinajstić information content (AvgIpc) is 2.60. The fraction of sp³-hybridized carbons (Fsp3) is 0.727. The third-order valence-electron chi connectivity index (χ3n) is 3.48. The topological polar surface area (TPSA) is 38.8 Å². The van der Waals surface area contributed by atoms with E-state index in [-0.39, 0.29) is 17.9 Å². The highest BCUT2D eigenvalue weighted by atomic mass is 16.7. The number of hydroxylamine groups is 2. The Morgan fingerprint density at radius 3 is 3.33 bits per heavy atom. The van der Waals surface area contributed by atoms with Gasteiger partial charge in [-0.15, -0.1) is 0 Å². The highest BCUT2D eigenvalue weighted by Gasteiger charge is 2.54. The van der Waals surface area contributed by atoms with Crippen LogP contribution in [-0.4, -0.2) is 29.4 Å². The second kappa shape index (κ2) is 3.06. The third-order valence-corrected chi connectivity index (χ3v) is 3.48. The van der Waals surface area contributed by atoms with E-state index in [1.54, 1.807) is 0 Å². The number of carbonyl (C=O) groups is 1. The molecule has 0 aromatic rings. The van der Waals surface area contributed by atoms with Gasteiger partial charge in [0.2, 0.25) is 0 Å². The van der Waals surface area contributed by atoms with E-state index >= 15 is 0 Å². The maximum atomic E-state index is 12.1. The molecule has 3 atom stereocenters. The predicted molar refractivity (Wildman–Crippen MR) is 52.6 cm³/mol. The van der Waals surface area contributed by atoms with Crippen molar-refractivity contribution in [3.05, 3.63) is 12.2 Å². The van der Waals surface area contributed by atoms with E-state index in [0.29, 0.717) is 6.61 Å². The van der Waals surface area contributed by atoms with E-state index in [9.17, 15) is 4.79 Å². The van der Waals surface area contributed by atoms with Crippen molar-refractivity contribution < 1.29 is 14.4 Å². The first-order chi connectivity index (χ1) is 7.27. The summed E-state index contributed by atoms with van der Waals surface area (Å²) in [6.07, 6.45) is 6.55. The highest BCUT2D eigenvalue weighted by molar-refractivity contribution is 5.81. The van der Waals surface area contributed by atoms with Gasteiger partial charge >= 0.3 is 0 Å². The molecule has 0 N–H and O–H groups in total. The number of ether oxygens (including phenoxy) is 1. The first kappa shape index (κ1) is 9.36. The summed E-state index contributed by atoms with van der Waals surface area (Å²) in [4.78, 5) is 17.6. The Kier molecular flexibility index (Phi) is 1.91. The van der Waals surface area contributed by atoms with Gasteiger partial charge in [0.1, 0.15) is 0 Å². The Labute approximate surface area is 88.8 Å². The molecule has 3 heterocycles. The highest BCUT2D eigenvalue weighted by Crippen LogP contribution is 2.43. The van der Waals surface area contributed by atoms with E-state index in [4.69, 9.17) is 9.57 Å². The van der Waals surface area contributed by atoms with E-state index in [0.717, 1.165) is 19.3 Å². The van der Waals surface area contributed by atoms with Crippen LogP contribution in [0.1, 0.15) is 26.2 Å². The molecule has 3 aliphatic heterocycles. The lowest BCUT2D eigenvalue weighted by atomic mass is 9.96. The molecule has 15 heavy (non-hydrogen) atoms. The smallest absolute Gasteiger partial charge is 0.255 e. The van der Waals surface area contributed by atoms with Crippen LogP contribution in [0.3, 0.4) is 0 Å². The minimum atomic E-state index is -0.578. The van der Waals surface area contributed by atoms with Crippen LogP contribution in [0.2, 0.25) is 0 Å². The second-order valence-corrected chi connectivity index (χ2v) is 4.37. The summed E-state index contributed by atoms with van der Waals surface area (Å²) in [5.74, 6) is 0.00780. The minimum Gasteiger partial charge on any atom is -0.341 e. The minimum absolute atomic E-state index is 0.0413. The van der Waals surface area contributed by atoms with Gasteiger partial charge in [0, 0.05) is 6.42 Å². The van der Waals surface area contributed by atoms with Gasteiger partial charge < -0.3 is 4.74 Å². The Bertz CT molecular complexity index is 328. The Morgan fingerprint density at radius 1 is 1.67 bits per heavy atom. The molecule has 4 heteroatoms. The molecular weight excluding hydrogens is 194 g/mol. The molecule has 0 aliphatic carbocycles. The van der Waals surface area contributed by atoms with Crippen LogP contribution >= 0.6 is 0 Å². The molecule has 3 aliphatic rings. The zero-order valence-electron chi connectivity index (χ0n) is 8.81. The van der Waals surface area contributed by atoms with Crippen LogP contribution in [0.25, 0.3) is 0 Å². The van der Waals surface area contributed by atoms with E-state index in [1.807, 2.05) is 19.1 Å². The van der Waals surface area contributed by atoms with Crippen molar-refractivity contribution in [1.29, 1.82) is 0 Å². The van der Waals surface area contributed by atoms with Gasteiger partial charge in [0.25, 0.3) is 5.91 Å². The quantitative estimate of drug-likeness (QED) is 0.610. The molecule has 0 aromatic heterocycles. The van der Waals surface area contributed by atoms with E-state index in [2.05, 4.69) is 0 Å². The fourth-order valence-electron chi connectivity index (χ4n) is 2.67. The molecule has 0 radical (unpaired) electrons. The molecule has 0 aromatic carbocycles. The van der Waals surface area contributed by atoms with E-state index < -0.39 is 5.72 Å². The number of rotatable bonds is 1. The van der Waals surface area contributed by atoms with Crippen LogP contribution in [0.15, 0.2) is 12.2 Å². The lowest BCUT2D eigenvalue weighted by molar-refractivity contribution is -0.320. The first-order valence-corrected chi connectivity index (χ1v) is 5.61. The van der Waals surface area contributed by atoms with Gasteiger partial charge in [0.15, 0.2) is 5.72 Å². The summed E-state index contributed by atoms with van der Waals surface area (Å²) in [6, 6.07) is 0. The fourth-order valence-corrected chi connectivity index (χ4v) is 2.67. The first-order valence-electron chi connectivity index (χ1n) is 5.61. The van der Waals surface area contributed by atoms with Gasteiger partial charge in [0.05, 0.1) is 18.6 Å². The summed E-state index contributed by atoms with van der Waals surface area (Å²) in [5.41, 5.74) is -0.578. The van der Waals surface area contributed by atoms with Crippen LogP contribution < -0.4 is 0 Å². The number of hydrogen-bond donors (Lipinski definition) is 0. The molecule has 82 valence electrons. The molecule has 2 fully saturated rings. The van der Waals surface area contributed by atoms with Gasteiger partial charge in [-0.1, -0.05) is 13.0 Å². The maximum absolute atomic E-state index is 12.1. The average molecular weight is 209 g/mol. The Balaban J connectivity index is 1.97. The largest absolute Gasteiger partial charge is 0.341 e. The van der Waals surface area contributed by atoms with Crippen LogP contribution in [0.4, 0.5) is 0 Å². The number of hydrogen-bond acceptors (Lipinski definition) is 3. The SMILES string of the molecule is CC[C@H]1C(=O)N2OCCC[C@]23C=C[C@H]1O3. The lowest BCUT2D eigenvalue weighted by Gasteiger charge is -2.47. The summed E-state index contributed by atoms with van der Waals surface area (Å²) in [5, 5.41) is 1.46. The summed E-state index contributed by atoms with van der Waals surface area (Å²) >= 11 is 0. The normalized spacial score (nSPS) is 43.3.